The molecule has 2 heterocycles. The Hall–Kier alpha value is 0.0600. The van der Waals surface area contributed by atoms with Crippen molar-refractivity contribution in [2.45, 2.75) is 51.9 Å². The Balaban J connectivity index is 2.27. The van der Waals surface area contributed by atoms with Crippen molar-refractivity contribution in [3.63, 3.8) is 0 Å². The van der Waals surface area contributed by atoms with Crippen LogP contribution in [0.1, 0.15) is 43.5 Å². The van der Waals surface area contributed by atoms with Crippen LogP contribution in [0.5, 0.6) is 0 Å². The zero-order chi connectivity index (χ0) is 15.1. The molecule has 1 aromatic rings. The van der Waals surface area contributed by atoms with Gasteiger partial charge in [-0.2, -0.15) is 0 Å². The van der Waals surface area contributed by atoms with E-state index >= 15 is 0 Å². The maximum Gasteiger partial charge on any atom is 0.0761 e. The first-order valence-electron chi connectivity index (χ1n) is 7.04. The number of hydrogen-bond donors (Lipinski definition) is 1. The molecule has 1 saturated heterocycles. The van der Waals surface area contributed by atoms with E-state index in [-0.39, 0.29) is 17.2 Å². The summed E-state index contributed by atoms with van der Waals surface area (Å²) < 4.78 is 7.35. The predicted octanol–water partition coefficient (Wildman–Crippen LogP) is 3.71. The largest absolute Gasteiger partial charge is 0.367 e. The molecule has 114 valence electrons. The minimum atomic E-state index is -0.140. The van der Waals surface area contributed by atoms with E-state index in [1.54, 1.807) is 0 Å². The van der Waals surface area contributed by atoms with E-state index in [0.29, 0.717) is 6.54 Å². The van der Waals surface area contributed by atoms with E-state index in [1.807, 2.05) is 11.3 Å². The lowest BCUT2D eigenvalue weighted by atomic mass is 9.97. The standard InChI is InChI=1S/C15H25BrN2OS/c1-10-11(16)6-13(20-10)12(7-17)18-8-14(2,3)19-15(4,5)9-18/h6,12H,7-9,17H2,1-5H3. The van der Waals surface area contributed by atoms with Gasteiger partial charge in [0.1, 0.15) is 0 Å². The third-order valence-electron chi connectivity index (χ3n) is 3.59. The van der Waals surface area contributed by atoms with Crippen LogP contribution in [-0.2, 0) is 4.74 Å². The molecule has 5 heteroatoms. The third-order valence-corrected chi connectivity index (χ3v) is 5.83. The number of thiophene rings is 1. The summed E-state index contributed by atoms with van der Waals surface area (Å²) in [4.78, 5) is 5.12. The van der Waals surface area contributed by atoms with E-state index in [9.17, 15) is 0 Å². The van der Waals surface area contributed by atoms with E-state index in [4.69, 9.17) is 10.5 Å². The summed E-state index contributed by atoms with van der Waals surface area (Å²) in [6, 6.07) is 2.49. The predicted molar refractivity (Wildman–Crippen MR) is 89.4 cm³/mol. The third kappa shape index (κ3) is 3.63. The van der Waals surface area contributed by atoms with Crippen molar-refractivity contribution in [3.05, 3.63) is 20.3 Å². The minimum absolute atomic E-state index is 0.140. The molecule has 2 N–H and O–H groups in total. The van der Waals surface area contributed by atoms with Crippen molar-refractivity contribution in [1.82, 2.24) is 4.90 Å². The van der Waals surface area contributed by atoms with Crippen LogP contribution in [0.4, 0.5) is 0 Å². The first-order valence-corrected chi connectivity index (χ1v) is 8.65. The second kappa shape index (κ2) is 5.69. The number of ether oxygens (including phenoxy) is 1. The van der Waals surface area contributed by atoms with Gasteiger partial charge in [-0.3, -0.25) is 4.90 Å². The molecule has 0 radical (unpaired) electrons. The minimum Gasteiger partial charge on any atom is -0.367 e. The van der Waals surface area contributed by atoms with Gasteiger partial charge in [-0.25, -0.2) is 0 Å². The lowest BCUT2D eigenvalue weighted by molar-refractivity contribution is -0.187. The molecule has 1 aliphatic rings. The van der Waals surface area contributed by atoms with Crippen molar-refractivity contribution in [3.8, 4) is 0 Å². The van der Waals surface area contributed by atoms with Crippen LogP contribution in [0.2, 0.25) is 0 Å². The van der Waals surface area contributed by atoms with Crippen LogP contribution in [0, 0.1) is 6.92 Å². The van der Waals surface area contributed by atoms with Crippen LogP contribution in [0.25, 0.3) is 0 Å². The molecule has 1 fully saturated rings. The summed E-state index contributed by atoms with van der Waals surface area (Å²) in [5.74, 6) is 0. The molecule has 0 aliphatic carbocycles. The molecular formula is C15H25BrN2OS. The molecule has 0 aromatic carbocycles. The van der Waals surface area contributed by atoms with Crippen LogP contribution < -0.4 is 5.73 Å². The fourth-order valence-electron chi connectivity index (χ4n) is 3.16. The van der Waals surface area contributed by atoms with Gasteiger partial charge in [0, 0.05) is 33.9 Å². The Morgan fingerprint density at radius 3 is 2.30 bits per heavy atom. The first kappa shape index (κ1) is 16.4. The SMILES string of the molecule is Cc1sc(C(CN)N2CC(C)(C)OC(C)(C)C2)cc1Br. The highest BCUT2D eigenvalue weighted by atomic mass is 79.9. The molecule has 3 nitrogen and oxygen atoms in total. The highest BCUT2D eigenvalue weighted by molar-refractivity contribution is 9.10. The summed E-state index contributed by atoms with van der Waals surface area (Å²) in [7, 11) is 0. The average molecular weight is 361 g/mol. The second-order valence-electron chi connectivity index (χ2n) is 6.83. The normalized spacial score (nSPS) is 23.8. The summed E-state index contributed by atoms with van der Waals surface area (Å²) in [6.45, 7) is 13.2. The number of morpholine rings is 1. The number of nitrogens with zero attached hydrogens (tertiary/aromatic N) is 1. The number of aryl methyl sites for hydroxylation is 1. The van der Waals surface area contributed by atoms with Gasteiger partial charge in [0.25, 0.3) is 0 Å². The van der Waals surface area contributed by atoms with Crippen LogP contribution in [-0.4, -0.2) is 35.7 Å². The number of hydrogen-bond acceptors (Lipinski definition) is 4. The molecule has 0 saturated carbocycles. The molecule has 0 amide bonds. The van der Waals surface area contributed by atoms with Crippen molar-refractivity contribution in [2.75, 3.05) is 19.6 Å². The van der Waals surface area contributed by atoms with Gasteiger partial charge in [0.05, 0.1) is 17.2 Å². The number of rotatable bonds is 3. The lowest BCUT2D eigenvalue weighted by Gasteiger charge is -2.49. The van der Waals surface area contributed by atoms with Crippen molar-refractivity contribution >= 4 is 27.3 Å². The van der Waals surface area contributed by atoms with Crippen LogP contribution >= 0.6 is 27.3 Å². The Morgan fingerprint density at radius 2 is 1.90 bits per heavy atom. The summed E-state index contributed by atoms with van der Waals surface area (Å²) >= 11 is 5.44. The molecule has 1 atom stereocenters. The first-order chi connectivity index (χ1) is 9.13. The van der Waals surface area contributed by atoms with Gasteiger partial charge in [0.15, 0.2) is 0 Å². The van der Waals surface area contributed by atoms with E-state index < -0.39 is 0 Å². The molecule has 1 unspecified atom stereocenters. The molecule has 0 bridgehead atoms. The number of halogens is 1. The highest BCUT2D eigenvalue weighted by Gasteiger charge is 2.40. The quantitative estimate of drug-likeness (QED) is 0.892. The van der Waals surface area contributed by atoms with Crippen LogP contribution in [0.15, 0.2) is 10.5 Å². The van der Waals surface area contributed by atoms with Crippen LogP contribution in [0.3, 0.4) is 0 Å². The molecule has 1 aliphatic heterocycles. The molecule has 0 spiro atoms. The molecule has 1 aromatic heterocycles. The smallest absolute Gasteiger partial charge is 0.0761 e. The van der Waals surface area contributed by atoms with Gasteiger partial charge >= 0.3 is 0 Å². The Kier molecular flexibility index (Phi) is 4.67. The molecule has 20 heavy (non-hydrogen) atoms. The summed E-state index contributed by atoms with van der Waals surface area (Å²) in [5.41, 5.74) is 5.80. The summed E-state index contributed by atoms with van der Waals surface area (Å²) in [5, 5.41) is 0. The lowest BCUT2D eigenvalue weighted by Crippen LogP contribution is -2.58. The Labute approximate surface area is 134 Å². The van der Waals surface area contributed by atoms with Gasteiger partial charge in [0.2, 0.25) is 0 Å². The van der Waals surface area contributed by atoms with Gasteiger partial charge < -0.3 is 10.5 Å². The van der Waals surface area contributed by atoms with Crippen molar-refractivity contribution in [2.24, 2.45) is 5.73 Å². The second-order valence-corrected chi connectivity index (χ2v) is 8.97. The maximum absolute atomic E-state index is 6.16. The monoisotopic (exact) mass is 360 g/mol. The Morgan fingerprint density at radius 1 is 1.35 bits per heavy atom. The summed E-state index contributed by atoms with van der Waals surface area (Å²) in [6.07, 6.45) is 0. The topological polar surface area (TPSA) is 38.5 Å². The van der Waals surface area contributed by atoms with E-state index in [0.717, 1.165) is 13.1 Å². The van der Waals surface area contributed by atoms with Gasteiger partial charge in [-0.1, -0.05) is 0 Å². The average Bonchev–Trinajstić information content (AvgIpc) is 2.55. The zero-order valence-electron chi connectivity index (χ0n) is 13.0. The van der Waals surface area contributed by atoms with E-state index in [1.165, 1.54) is 14.2 Å². The molecule has 2 rings (SSSR count). The van der Waals surface area contributed by atoms with E-state index in [2.05, 4.69) is 61.5 Å². The fraction of sp³-hybridized carbons (Fsp3) is 0.733. The van der Waals surface area contributed by atoms with Gasteiger partial charge in [-0.15, -0.1) is 11.3 Å². The maximum atomic E-state index is 6.16. The van der Waals surface area contributed by atoms with Crippen molar-refractivity contribution < 1.29 is 4.74 Å². The number of nitrogens with two attached hydrogens (primary N) is 1. The highest BCUT2D eigenvalue weighted by Crippen LogP contribution is 2.37. The zero-order valence-corrected chi connectivity index (χ0v) is 15.4. The fourth-order valence-corrected chi connectivity index (χ4v) is 4.87. The van der Waals surface area contributed by atoms with Gasteiger partial charge in [-0.05, 0) is 56.6 Å². The van der Waals surface area contributed by atoms with Crippen molar-refractivity contribution in [1.29, 1.82) is 0 Å². The molecular weight excluding hydrogens is 336 g/mol. The Bertz CT molecular complexity index is 449.